The molecule has 0 saturated carbocycles. The van der Waals surface area contributed by atoms with Crippen LogP contribution < -0.4 is 15.4 Å². The first-order valence-electron chi connectivity index (χ1n) is 7.04. The van der Waals surface area contributed by atoms with Gasteiger partial charge in [-0.05, 0) is 58.0 Å². The van der Waals surface area contributed by atoms with E-state index in [1.807, 2.05) is 13.8 Å². The summed E-state index contributed by atoms with van der Waals surface area (Å²) < 4.78 is 5.68. The Hall–Kier alpha value is -1.26. The Balaban J connectivity index is 2.12. The van der Waals surface area contributed by atoms with Crippen LogP contribution in [0.3, 0.4) is 0 Å². The second-order valence-corrected chi connectivity index (χ2v) is 5.74. The van der Waals surface area contributed by atoms with Gasteiger partial charge in [0.1, 0.15) is 5.75 Å². The highest BCUT2D eigenvalue weighted by Crippen LogP contribution is 2.24. The molecular formula is C15H21ClN2O2. The Morgan fingerprint density at radius 1 is 1.40 bits per heavy atom. The molecule has 0 spiro atoms. The minimum absolute atomic E-state index is 0.0154. The molecular weight excluding hydrogens is 276 g/mol. The SMILES string of the molecule is CC(C)Oc1ccc(Cl)cc1C(=O)NC1CCNCC1. The lowest BCUT2D eigenvalue weighted by Crippen LogP contribution is -2.42. The fourth-order valence-corrected chi connectivity index (χ4v) is 2.44. The van der Waals surface area contributed by atoms with Gasteiger partial charge in [0.2, 0.25) is 0 Å². The molecule has 20 heavy (non-hydrogen) atoms. The second kappa shape index (κ2) is 6.95. The number of ether oxygens (including phenoxy) is 1. The Kier molecular flexibility index (Phi) is 5.26. The molecule has 1 aromatic carbocycles. The number of hydrogen-bond donors (Lipinski definition) is 2. The maximum absolute atomic E-state index is 12.4. The lowest BCUT2D eigenvalue weighted by atomic mass is 10.1. The first-order chi connectivity index (χ1) is 9.56. The molecule has 0 unspecified atom stereocenters. The number of hydrogen-bond acceptors (Lipinski definition) is 3. The Bertz CT molecular complexity index is 471. The van der Waals surface area contributed by atoms with Gasteiger partial charge < -0.3 is 15.4 Å². The molecule has 1 amide bonds. The van der Waals surface area contributed by atoms with Gasteiger partial charge in [-0.25, -0.2) is 0 Å². The zero-order valence-electron chi connectivity index (χ0n) is 11.9. The molecule has 110 valence electrons. The minimum atomic E-state index is -0.116. The molecule has 1 aliphatic heterocycles. The fourth-order valence-electron chi connectivity index (χ4n) is 2.27. The Morgan fingerprint density at radius 3 is 2.75 bits per heavy atom. The van der Waals surface area contributed by atoms with Crippen molar-refractivity contribution in [3.63, 3.8) is 0 Å². The molecule has 0 atom stereocenters. The normalized spacial score (nSPS) is 16.2. The molecule has 2 N–H and O–H groups in total. The van der Waals surface area contributed by atoms with Crippen molar-refractivity contribution < 1.29 is 9.53 Å². The molecule has 0 aromatic heterocycles. The van der Waals surface area contributed by atoms with Gasteiger partial charge in [0.05, 0.1) is 11.7 Å². The highest BCUT2D eigenvalue weighted by atomic mass is 35.5. The summed E-state index contributed by atoms with van der Waals surface area (Å²) in [4.78, 5) is 12.4. The molecule has 1 aliphatic rings. The number of carbonyl (C=O) groups excluding carboxylic acids is 1. The summed E-state index contributed by atoms with van der Waals surface area (Å²) in [5, 5.41) is 6.87. The van der Waals surface area contributed by atoms with Crippen LogP contribution in [0.5, 0.6) is 5.75 Å². The number of halogens is 1. The van der Waals surface area contributed by atoms with Crippen molar-refractivity contribution >= 4 is 17.5 Å². The topological polar surface area (TPSA) is 50.4 Å². The summed E-state index contributed by atoms with van der Waals surface area (Å²) in [5.41, 5.74) is 0.504. The maximum Gasteiger partial charge on any atom is 0.255 e. The number of benzene rings is 1. The number of carbonyl (C=O) groups is 1. The lowest BCUT2D eigenvalue weighted by Gasteiger charge is -2.24. The summed E-state index contributed by atoms with van der Waals surface area (Å²) >= 11 is 5.99. The molecule has 1 fully saturated rings. The minimum Gasteiger partial charge on any atom is -0.490 e. The van der Waals surface area contributed by atoms with Gasteiger partial charge in [0, 0.05) is 11.1 Å². The molecule has 1 saturated heterocycles. The summed E-state index contributed by atoms with van der Waals surface area (Å²) in [7, 11) is 0. The maximum atomic E-state index is 12.4. The number of rotatable bonds is 4. The summed E-state index contributed by atoms with van der Waals surface area (Å²) in [6.45, 7) is 5.75. The van der Waals surface area contributed by atoms with Gasteiger partial charge in [0.15, 0.2) is 0 Å². The largest absolute Gasteiger partial charge is 0.490 e. The molecule has 5 heteroatoms. The third-order valence-corrected chi connectivity index (χ3v) is 3.46. The van der Waals surface area contributed by atoms with Gasteiger partial charge in [-0.15, -0.1) is 0 Å². The van der Waals surface area contributed by atoms with Crippen LogP contribution in [-0.4, -0.2) is 31.1 Å². The van der Waals surface area contributed by atoms with Crippen molar-refractivity contribution in [3.05, 3.63) is 28.8 Å². The summed E-state index contributed by atoms with van der Waals surface area (Å²) in [6.07, 6.45) is 1.92. The van der Waals surface area contributed by atoms with Crippen molar-refractivity contribution in [2.45, 2.75) is 38.8 Å². The molecule has 0 bridgehead atoms. The number of amides is 1. The van der Waals surface area contributed by atoms with E-state index in [9.17, 15) is 4.79 Å². The monoisotopic (exact) mass is 296 g/mol. The third-order valence-electron chi connectivity index (χ3n) is 3.22. The van der Waals surface area contributed by atoms with Crippen molar-refractivity contribution in [2.24, 2.45) is 0 Å². The zero-order chi connectivity index (χ0) is 14.5. The van der Waals surface area contributed by atoms with Crippen molar-refractivity contribution in [1.29, 1.82) is 0 Å². The van der Waals surface area contributed by atoms with E-state index < -0.39 is 0 Å². The predicted molar refractivity (Wildman–Crippen MR) is 80.6 cm³/mol. The van der Waals surface area contributed by atoms with Crippen molar-refractivity contribution in [2.75, 3.05) is 13.1 Å². The van der Waals surface area contributed by atoms with E-state index in [0.29, 0.717) is 16.3 Å². The average Bonchev–Trinajstić information content (AvgIpc) is 2.41. The quantitative estimate of drug-likeness (QED) is 0.898. The van der Waals surface area contributed by atoms with Gasteiger partial charge in [-0.1, -0.05) is 11.6 Å². The van der Waals surface area contributed by atoms with E-state index >= 15 is 0 Å². The average molecular weight is 297 g/mol. The van der Waals surface area contributed by atoms with Gasteiger partial charge in [0.25, 0.3) is 5.91 Å². The van der Waals surface area contributed by atoms with Gasteiger partial charge in [-0.2, -0.15) is 0 Å². The Labute approximate surface area is 124 Å². The van der Waals surface area contributed by atoms with Crippen LogP contribution in [0.25, 0.3) is 0 Å². The van der Waals surface area contributed by atoms with E-state index in [2.05, 4.69) is 10.6 Å². The van der Waals surface area contributed by atoms with E-state index in [0.717, 1.165) is 25.9 Å². The van der Waals surface area contributed by atoms with E-state index in [1.165, 1.54) is 0 Å². The first kappa shape index (κ1) is 15.1. The number of piperidine rings is 1. The summed E-state index contributed by atoms with van der Waals surface area (Å²) in [5.74, 6) is 0.464. The van der Waals surface area contributed by atoms with Gasteiger partial charge >= 0.3 is 0 Å². The molecule has 1 aromatic rings. The summed E-state index contributed by atoms with van der Waals surface area (Å²) in [6, 6.07) is 5.37. The molecule has 0 radical (unpaired) electrons. The van der Waals surface area contributed by atoms with Crippen LogP contribution >= 0.6 is 11.6 Å². The van der Waals surface area contributed by atoms with Crippen LogP contribution in [0.2, 0.25) is 5.02 Å². The van der Waals surface area contributed by atoms with Crippen molar-refractivity contribution in [3.8, 4) is 5.75 Å². The van der Waals surface area contributed by atoms with Crippen LogP contribution in [-0.2, 0) is 0 Å². The van der Waals surface area contributed by atoms with E-state index in [4.69, 9.17) is 16.3 Å². The van der Waals surface area contributed by atoms with Crippen molar-refractivity contribution in [1.82, 2.24) is 10.6 Å². The molecule has 2 rings (SSSR count). The van der Waals surface area contributed by atoms with E-state index in [1.54, 1.807) is 18.2 Å². The van der Waals surface area contributed by atoms with E-state index in [-0.39, 0.29) is 18.1 Å². The standard InChI is InChI=1S/C15H21ClN2O2/c1-10(2)20-14-4-3-11(16)9-13(14)15(19)18-12-5-7-17-8-6-12/h3-4,9-10,12,17H,5-8H2,1-2H3,(H,18,19). The lowest BCUT2D eigenvalue weighted by molar-refractivity contribution is 0.0923. The second-order valence-electron chi connectivity index (χ2n) is 5.30. The third kappa shape index (κ3) is 4.12. The Morgan fingerprint density at radius 2 is 2.10 bits per heavy atom. The van der Waals surface area contributed by atoms with Gasteiger partial charge in [-0.3, -0.25) is 4.79 Å². The highest BCUT2D eigenvalue weighted by molar-refractivity contribution is 6.31. The fraction of sp³-hybridized carbons (Fsp3) is 0.533. The zero-order valence-corrected chi connectivity index (χ0v) is 12.7. The predicted octanol–water partition coefficient (Wildman–Crippen LogP) is 2.61. The smallest absolute Gasteiger partial charge is 0.255 e. The number of nitrogens with one attached hydrogen (secondary N) is 2. The first-order valence-corrected chi connectivity index (χ1v) is 7.42. The van der Waals surface area contributed by atoms with Crippen LogP contribution in [0.1, 0.15) is 37.0 Å². The van der Waals surface area contributed by atoms with Crippen LogP contribution in [0.15, 0.2) is 18.2 Å². The van der Waals surface area contributed by atoms with Crippen LogP contribution in [0.4, 0.5) is 0 Å². The highest BCUT2D eigenvalue weighted by Gasteiger charge is 2.19. The molecule has 0 aliphatic carbocycles. The molecule has 4 nitrogen and oxygen atoms in total. The van der Waals surface area contributed by atoms with Crippen LogP contribution in [0, 0.1) is 0 Å². The molecule has 1 heterocycles.